The molecule has 0 saturated heterocycles. The Kier molecular flexibility index (Phi) is 3.92. The number of hydrogen-bond acceptors (Lipinski definition) is 3. The van der Waals surface area contributed by atoms with Crippen LogP contribution in [0.4, 0.5) is 4.39 Å². The summed E-state index contributed by atoms with van der Waals surface area (Å²) >= 11 is 5.63. The topological polar surface area (TPSA) is 50.2 Å². The van der Waals surface area contributed by atoms with Gasteiger partial charge in [-0.1, -0.05) is 17.7 Å². The molecule has 1 aromatic heterocycles. The Morgan fingerprint density at radius 3 is 2.63 bits per heavy atom. The van der Waals surface area contributed by atoms with Gasteiger partial charge in [0.1, 0.15) is 0 Å². The van der Waals surface area contributed by atoms with Gasteiger partial charge < -0.3 is 5.11 Å². The maximum absolute atomic E-state index is 13.2. The van der Waals surface area contributed by atoms with E-state index in [9.17, 15) is 14.3 Å². The number of aromatic hydroxyl groups is 1. The van der Waals surface area contributed by atoms with Gasteiger partial charge in [0.15, 0.2) is 17.3 Å². The average molecular weight is 278 g/mol. The average Bonchev–Trinajstić information content (AvgIpc) is 2.43. The molecule has 0 aliphatic rings. The van der Waals surface area contributed by atoms with Crippen molar-refractivity contribution in [2.24, 2.45) is 0 Å². The molecule has 0 bridgehead atoms. The number of pyridine rings is 1. The molecule has 5 heteroatoms. The van der Waals surface area contributed by atoms with Gasteiger partial charge in [-0.15, -0.1) is 0 Å². The summed E-state index contributed by atoms with van der Waals surface area (Å²) in [5.74, 6) is -1.66. The third-order valence-electron chi connectivity index (χ3n) is 2.43. The first-order valence-corrected chi connectivity index (χ1v) is 5.76. The fourth-order valence-corrected chi connectivity index (χ4v) is 1.68. The molecule has 1 aromatic carbocycles. The molecule has 96 valence electrons. The maximum atomic E-state index is 13.2. The van der Waals surface area contributed by atoms with Crippen LogP contribution in [0.3, 0.4) is 0 Å². The lowest BCUT2D eigenvalue weighted by molar-refractivity contribution is 0.104. The van der Waals surface area contributed by atoms with Gasteiger partial charge in [0.25, 0.3) is 0 Å². The van der Waals surface area contributed by atoms with E-state index >= 15 is 0 Å². The molecular formula is C14H9ClFNO2. The highest BCUT2D eigenvalue weighted by Crippen LogP contribution is 2.28. The van der Waals surface area contributed by atoms with Gasteiger partial charge in [-0.25, -0.2) is 4.39 Å². The molecule has 2 aromatic rings. The molecule has 0 unspecified atom stereocenters. The summed E-state index contributed by atoms with van der Waals surface area (Å²) in [5, 5.41) is 9.08. The molecule has 19 heavy (non-hydrogen) atoms. The Balaban J connectivity index is 2.22. The summed E-state index contributed by atoms with van der Waals surface area (Å²) < 4.78 is 13.2. The fraction of sp³-hybridized carbons (Fsp3) is 0. The highest BCUT2D eigenvalue weighted by molar-refractivity contribution is 6.32. The maximum Gasteiger partial charge on any atom is 0.185 e. The first-order valence-electron chi connectivity index (χ1n) is 5.38. The third kappa shape index (κ3) is 3.17. The van der Waals surface area contributed by atoms with Crippen molar-refractivity contribution in [3.05, 3.63) is 64.7 Å². The number of hydrogen-bond donors (Lipinski definition) is 1. The van der Waals surface area contributed by atoms with Crippen molar-refractivity contribution < 1.29 is 14.3 Å². The lowest BCUT2D eigenvalue weighted by atomic mass is 10.1. The minimum Gasteiger partial charge on any atom is -0.504 e. The summed E-state index contributed by atoms with van der Waals surface area (Å²) in [6.07, 6.45) is 5.75. The number of phenols is 1. The lowest BCUT2D eigenvalue weighted by Gasteiger charge is -2.00. The number of allylic oxidation sites excluding steroid dienone is 1. The van der Waals surface area contributed by atoms with Crippen molar-refractivity contribution in [1.29, 1.82) is 0 Å². The first-order chi connectivity index (χ1) is 9.08. The molecule has 0 fully saturated rings. The van der Waals surface area contributed by atoms with Gasteiger partial charge >= 0.3 is 0 Å². The molecule has 0 saturated carbocycles. The van der Waals surface area contributed by atoms with E-state index in [1.54, 1.807) is 12.1 Å². The van der Waals surface area contributed by atoms with Gasteiger partial charge in [-0.05, 0) is 35.9 Å². The minimum absolute atomic E-state index is 0.101. The molecular weight excluding hydrogens is 269 g/mol. The number of phenolic OH excluding ortho intramolecular Hbond substituents is 1. The van der Waals surface area contributed by atoms with E-state index < -0.39 is 11.6 Å². The quantitative estimate of drug-likeness (QED) is 0.690. The van der Waals surface area contributed by atoms with Crippen molar-refractivity contribution >= 4 is 23.5 Å². The summed E-state index contributed by atoms with van der Waals surface area (Å²) in [6, 6.07) is 5.63. The predicted molar refractivity (Wildman–Crippen MR) is 70.7 cm³/mol. The fourth-order valence-electron chi connectivity index (χ4n) is 1.47. The number of ketones is 1. The first kappa shape index (κ1) is 13.2. The van der Waals surface area contributed by atoms with Gasteiger partial charge in [0.05, 0.1) is 5.02 Å². The zero-order valence-electron chi connectivity index (χ0n) is 9.68. The number of carbonyl (C=O) groups is 1. The van der Waals surface area contributed by atoms with Crippen LogP contribution in [-0.4, -0.2) is 15.9 Å². The van der Waals surface area contributed by atoms with Crippen LogP contribution >= 0.6 is 11.6 Å². The zero-order chi connectivity index (χ0) is 13.8. The SMILES string of the molecule is O=C(/C=C/c1cc(F)c(O)c(Cl)c1)c1ccncc1. The number of halogens is 2. The highest BCUT2D eigenvalue weighted by atomic mass is 35.5. The second kappa shape index (κ2) is 5.63. The van der Waals surface area contributed by atoms with Crippen LogP contribution < -0.4 is 0 Å². The van der Waals surface area contributed by atoms with E-state index in [0.717, 1.165) is 6.07 Å². The van der Waals surface area contributed by atoms with Crippen molar-refractivity contribution in [3.8, 4) is 5.75 Å². The smallest absolute Gasteiger partial charge is 0.185 e. The van der Waals surface area contributed by atoms with Crippen molar-refractivity contribution in [1.82, 2.24) is 4.98 Å². The highest BCUT2D eigenvalue weighted by Gasteiger charge is 2.07. The molecule has 0 atom stereocenters. The predicted octanol–water partition coefficient (Wildman–Crippen LogP) is 3.48. The number of rotatable bonds is 3. The summed E-state index contributed by atoms with van der Waals surface area (Å²) in [6.45, 7) is 0. The molecule has 1 heterocycles. The second-order valence-electron chi connectivity index (χ2n) is 3.77. The number of aromatic nitrogens is 1. The Morgan fingerprint density at radius 1 is 1.32 bits per heavy atom. The molecule has 0 radical (unpaired) electrons. The van der Waals surface area contributed by atoms with Gasteiger partial charge in [-0.2, -0.15) is 0 Å². The molecule has 3 nitrogen and oxygen atoms in total. The van der Waals surface area contributed by atoms with E-state index in [1.165, 1.54) is 30.6 Å². The second-order valence-corrected chi connectivity index (χ2v) is 4.17. The largest absolute Gasteiger partial charge is 0.504 e. The number of carbonyl (C=O) groups excluding carboxylic acids is 1. The van der Waals surface area contributed by atoms with E-state index in [-0.39, 0.29) is 10.8 Å². The molecule has 0 spiro atoms. The number of benzene rings is 1. The Morgan fingerprint density at radius 2 is 2.00 bits per heavy atom. The van der Waals surface area contributed by atoms with Crippen LogP contribution in [0.5, 0.6) is 5.75 Å². The van der Waals surface area contributed by atoms with E-state index in [4.69, 9.17) is 11.6 Å². The Hall–Kier alpha value is -2.20. The van der Waals surface area contributed by atoms with Crippen molar-refractivity contribution in [3.63, 3.8) is 0 Å². The normalized spacial score (nSPS) is 10.8. The third-order valence-corrected chi connectivity index (χ3v) is 2.72. The van der Waals surface area contributed by atoms with Crippen LogP contribution in [0.1, 0.15) is 15.9 Å². The van der Waals surface area contributed by atoms with Crippen molar-refractivity contribution in [2.45, 2.75) is 0 Å². The van der Waals surface area contributed by atoms with Gasteiger partial charge in [0, 0.05) is 18.0 Å². The molecule has 1 N–H and O–H groups in total. The Bertz CT molecular complexity index is 618. The summed E-state index contributed by atoms with van der Waals surface area (Å²) in [4.78, 5) is 15.6. The standard InChI is InChI=1S/C14H9ClFNO2/c15-11-7-9(8-12(16)14(11)19)1-2-13(18)10-3-5-17-6-4-10/h1-8,19H/b2-1+. The zero-order valence-corrected chi connectivity index (χ0v) is 10.4. The summed E-state index contributed by atoms with van der Waals surface area (Å²) in [5.41, 5.74) is 0.874. The monoisotopic (exact) mass is 277 g/mol. The lowest BCUT2D eigenvalue weighted by Crippen LogP contribution is -1.93. The van der Waals surface area contributed by atoms with Crippen LogP contribution in [0.2, 0.25) is 5.02 Å². The van der Waals surface area contributed by atoms with Crippen LogP contribution in [0.15, 0.2) is 42.7 Å². The molecule has 0 aliphatic carbocycles. The van der Waals surface area contributed by atoms with Crippen LogP contribution in [0, 0.1) is 5.82 Å². The summed E-state index contributed by atoms with van der Waals surface area (Å²) in [7, 11) is 0. The van der Waals surface area contributed by atoms with Gasteiger partial charge in [0.2, 0.25) is 0 Å². The van der Waals surface area contributed by atoms with Crippen LogP contribution in [0.25, 0.3) is 6.08 Å². The molecule has 0 amide bonds. The Labute approximate surface area is 114 Å². The van der Waals surface area contributed by atoms with Gasteiger partial charge in [-0.3, -0.25) is 9.78 Å². The van der Waals surface area contributed by atoms with E-state index in [2.05, 4.69) is 4.98 Å². The minimum atomic E-state index is -0.830. The van der Waals surface area contributed by atoms with Crippen LogP contribution in [-0.2, 0) is 0 Å². The molecule has 0 aliphatic heterocycles. The molecule has 2 rings (SSSR count). The van der Waals surface area contributed by atoms with E-state index in [0.29, 0.717) is 11.1 Å². The van der Waals surface area contributed by atoms with Crippen molar-refractivity contribution in [2.75, 3.05) is 0 Å². The van der Waals surface area contributed by atoms with E-state index in [1.807, 2.05) is 0 Å². The number of nitrogens with zero attached hydrogens (tertiary/aromatic N) is 1.